The fraction of sp³-hybridized carbons (Fsp3) is 0.333. The molecule has 0 aliphatic rings. The summed E-state index contributed by atoms with van der Waals surface area (Å²) in [6, 6.07) is 16.0. The first kappa shape index (κ1) is 15.5. The van der Waals surface area contributed by atoms with Crippen molar-refractivity contribution in [2.24, 2.45) is 0 Å². The summed E-state index contributed by atoms with van der Waals surface area (Å²) in [5.41, 5.74) is 3.40. The van der Waals surface area contributed by atoms with Gasteiger partial charge in [0, 0.05) is 13.1 Å². The van der Waals surface area contributed by atoms with Crippen LogP contribution in [0.25, 0.3) is 0 Å². The first-order chi connectivity index (χ1) is 10.1. The molecule has 112 valence electrons. The van der Waals surface area contributed by atoms with Crippen LogP contribution in [0.5, 0.6) is 5.75 Å². The summed E-state index contributed by atoms with van der Waals surface area (Å²) in [5, 5.41) is 10.3. The third-order valence-electron chi connectivity index (χ3n) is 3.50. The van der Waals surface area contributed by atoms with E-state index in [-0.39, 0.29) is 0 Å². The Morgan fingerprint density at radius 2 is 1.90 bits per heavy atom. The van der Waals surface area contributed by atoms with Crippen LogP contribution in [0, 0.1) is 6.92 Å². The van der Waals surface area contributed by atoms with Crippen LogP contribution in [0.3, 0.4) is 0 Å². The predicted molar refractivity (Wildman–Crippen MR) is 85.5 cm³/mol. The average molecular weight is 285 g/mol. The van der Waals surface area contributed by atoms with Crippen molar-refractivity contribution in [1.29, 1.82) is 0 Å². The van der Waals surface area contributed by atoms with Crippen molar-refractivity contribution in [1.82, 2.24) is 4.90 Å². The van der Waals surface area contributed by atoms with Gasteiger partial charge in [-0.15, -0.1) is 0 Å². The van der Waals surface area contributed by atoms with E-state index in [9.17, 15) is 5.11 Å². The zero-order chi connectivity index (χ0) is 15.2. The minimum atomic E-state index is -0.519. The second-order valence-corrected chi connectivity index (χ2v) is 5.48. The van der Waals surface area contributed by atoms with Gasteiger partial charge in [0.1, 0.15) is 5.75 Å². The normalized spacial score (nSPS) is 12.4. The summed E-state index contributed by atoms with van der Waals surface area (Å²) in [7, 11) is 3.65. The number of aliphatic hydroxyl groups is 1. The molecule has 2 aromatic carbocycles. The second-order valence-electron chi connectivity index (χ2n) is 5.48. The number of benzene rings is 2. The first-order valence-electron chi connectivity index (χ1n) is 7.14. The van der Waals surface area contributed by atoms with Crippen molar-refractivity contribution in [3.63, 3.8) is 0 Å². The van der Waals surface area contributed by atoms with Crippen LogP contribution in [0.1, 0.15) is 22.8 Å². The van der Waals surface area contributed by atoms with E-state index in [1.54, 1.807) is 7.11 Å². The topological polar surface area (TPSA) is 32.7 Å². The van der Waals surface area contributed by atoms with Gasteiger partial charge in [-0.3, -0.25) is 4.90 Å². The second kappa shape index (κ2) is 7.25. The molecule has 0 heterocycles. The summed E-state index contributed by atoms with van der Waals surface area (Å²) in [6.07, 6.45) is -0.519. The Kier molecular flexibility index (Phi) is 5.37. The van der Waals surface area contributed by atoms with Gasteiger partial charge >= 0.3 is 0 Å². The summed E-state index contributed by atoms with van der Waals surface area (Å²) in [6.45, 7) is 3.50. The highest BCUT2D eigenvalue weighted by Crippen LogP contribution is 2.20. The molecule has 0 saturated heterocycles. The van der Waals surface area contributed by atoms with Crippen LogP contribution in [-0.4, -0.2) is 30.7 Å². The van der Waals surface area contributed by atoms with E-state index in [2.05, 4.69) is 36.1 Å². The molecule has 0 aliphatic heterocycles. The molecule has 0 saturated carbocycles. The van der Waals surface area contributed by atoms with Gasteiger partial charge in [-0.2, -0.15) is 0 Å². The van der Waals surface area contributed by atoms with Gasteiger partial charge in [0.2, 0.25) is 0 Å². The van der Waals surface area contributed by atoms with E-state index in [0.717, 1.165) is 17.9 Å². The number of nitrogens with zero attached hydrogens (tertiary/aromatic N) is 1. The Morgan fingerprint density at radius 1 is 1.14 bits per heavy atom. The molecular weight excluding hydrogens is 262 g/mol. The largest absolute Gasteiger partial charge is 0.497 e. The monoisotopic (exact) mass is 285 g/mol. The molecule has 3 nitrogen and oxygen atoms in total. The molecule has 0 bridgehead atoms. The van der Waals surface area contributed by atoms with Crippen molar-refractivity contribution in [3.05, 3.63) is 65.2 Å². The Labute approximate surface area is 126 Å². The van der Waals surface area contributed by atoms with Crippen LogP contribution in [0.2, 0.25) is 0 Å². The van der Waals surface area contributed by atoms with Crippen LogP contribution in [-0.2, 0) is 6.54 Å². The smallest absolute Gasteiger partial charge is 0.119 e. The van der Waals surface area contributed by atoms with E-state index < -0.39 is 6.10 Å². The highest BCUT2D eigenvalue weighted by atomic mass is 16.5. The number of methoxy groups -OCH3 is 1. The third-order valence-corrected chi connectivity index (χ3v) is 3.50. The maximum absolute atomic E-state index is 10.3. The number of hydrogen-bond donors (Lipinski definition) is 1. The molecule has 0 spiro atoms. The molecule has 2 aromatic rings. The molecule has 21 heavy (non-hydrogen) atoms. The number of rotatable bonds is 6. The van der Waals surface area contributed by atoms with Gasteiger partial charge < -0.3 is 9.84 Å². The Balaban J connectivity index is 1.96. The maximum Gasteiger partial charge on any atom is 0.119 e. The lowest BCUT2D eigenvalue weighted by Crippen LogP contribution is -2.24. The Bertz CT molecular complexity index is 583. The minimum absolute atomic E-state index is 0.519. The van der Waals surface area contributed by atoms with Crippen molar-refractivity contribution in [2.45, 2.75) is 19.6 Å². The molecule has 3 heteroatoms. The lowest BCUT2D eigenvalue weighted by molar-refractivity contribution is 0.123. The van der Waals surface area contributed by atoms with Crippen molar-refractivity contribution < 1.29 is 9.84 Å². The zero-order valence-corrected chi connectivity index (χ0v) is 12.9. The molecule has 1 N–H and O–H groups in total. The molecule has 2 rings (SSSR count). The molecule has 0 aromatic heterocycles. The van der Waals surface area contributed by atoms with Crippen LogP contribution in [0.4, 0.5) is 0 Å². The fourth-order valence-electron chi connectivity index (χ4n) is 2.44. The lowest BCUT2D eigenvalue weighted by atomic mass is 10.1. The molecule has 0 aliphatic carbocycles. The van der Waals surface area contributed by atoms with Crippen molar-refractivity contribution >= 4 is 0 Å². The lowest BCUT2D eigenvalue weighted by Gasteiger charge is -2.21. The van der Waals surface area contributed by atoms with E-state index >= 15 is 0 Å². The van der Waals surface area contributed by atoms with Crippen molar-refractivity contribution in [2.75, 3.05) is 20.7 Å². The van der Waals surface area contributed by atoms with Gasteiger partial charge in [-0.05, 0) is 37.2 Å². The SMILES string of the molecule is COc1cccc(C(O)CN(C)Cc2cccc(C)c2)c1. The molecule has 1 atom stereocenters. The third kappa shape index (κ3) is 4.59. The summed E-state index contributed by atoms with van der Waals surface area (Å²) >= 11 is 0. The minimum Gasteiger partial charge on any atom is -0.497 e. The Hall–Kier alpha value is -1.84. The highest BCUT2D eigenvalue weighted by Gasteiger charge is 2.11. The number of aliphatic hydroxyl groups excluding tert-OH is 1. The first-order valence-corrected chi connectivity index (χ1v) is 7.14. The average Bonchev–Trinajstić information content (AvgIpc) is 2.47. The fourth-order valence-corrected chi connectivity index (χ4v) is 2.44. The zero-order valence-electron chi connectivity index (χ0n) is 12.9. The number of aryl methyl sites for hydroxylation is 1. The summed E-state index contributed by atoms with van der Waals surface area (Å²) in [4.78, 5) is 2.12. The van der Waals surface area contributed by atoms with Gasteiger partial charge in [0.15, 0.2) is 0 Å². The summed E-state index contributed by atoms with van der Waals surface area (Å²) < 4.78 is 5.19. The molecule has 1 unspecified atom stereocenters. The number of hydrogen-bond acceptors (Lipinski definition) is 3. The van der Waals surface area contributed by atoms with Crippen LogP contribution >= 0.6 is 0 Å². The highest BCUT2D eigenvalue weighted by molar-refractivity contribution is 5.30. The number of likely N-dealkylation sites (N-methyl/N-ethyl adjacent to an activating group) is 1. The van der Waals surface area contributed by atoms with Gasteiger partial charge in [0.25, 0.3) is 0 Å². The molecular formula is C18H23NO2. The molecule has 0 amide bonds. The van der Waals surface area contributed by atoms with Gasteiger partial charge in [-0.25, -0.2) is 0 Å². The van der Waals surface area contributed by atoms with E-state index in [1.807, 2.05) is 31.3 Å². The molecule has 0 fully saturated rings. The Morgan fingerprint density at radius 3 is 2.62 bits per heavy atom. The predicted octanol–water partition coefficient (Wildman–Crippen LogP) is 3.17. The quantitative estimate of drug-likeness (QED) is 0.885. The van der Waals surface area contributed by atoms with E-state index in [0.29, 0.717) is 6.54 Å². The maximum atomic E-state index is 10.3. The molecule has 0 radical (unpaired) electrons. The number of ether oxygens (including phenoxy) is 1. The van der Waals surface area contributed by atoms with Gasteiger partial charge in [-0.1, -0.05) is 42.0 Å². The van der Waals surface area contributed by atoms with Gasteiger partial charge in [0.05, 0.1) is 13.2 Å². The standard InChI is InChI=1S/C18H23NO2/c1-14-6-4-7-15(10-14)12-19(2)13-18(20)16-8-5-9-17(11-16)21-3/h4-11,18,20H,12-13H2,1-3H3. The van der Waals surface area contributed by atoms with E-state index in [4.69, 9.17) is 4.74 Å². The van der Waals surface area contributed by atoms with Crippen LogP contribution in [0.15, 0.2) is 48.5 Å². The summed E-state index contributed by atoms with van der Waals surface area (Å²) in [5.74, 6) is 0.771. The van der Waals surface area contributed by atoms with E-state index in [1.165, 1.54) is 11.1 Å². The van der Waals surface area contributed by atoms with Crippen molar-refractivity contribution in [3.8, 4) is 5.75 Å². The van der Waals surface area contributed by atoms with Crippen LogP contribution < -0.4 is 4.74 Å².